The summed E-state index contributed by atoms with van der Waals surface area (Å²) < 4.78 is 0. The van der Waals surface area contributed by atoms with E-state index in [9.17, 15) is 15.3 Å². The van der Waals surface area contributed by atoms with Gasteiger partial charge in [0.05, 0.1) is 0 Å². The predicted octanol–water partition coefficient (Wildman–Crippen LogP) is 2.94. The Hall–Kier alpha value is -2.36. The molecular weight excluding hydrogens is 264 g/mol. The fourth-order valence-electron chi connectivity index (χ4n) is 2.54. The van der Waals surface area contributed by atoms with Crippen molar-refractivity contribution in [2.45, 2.75) is 12.2 Å². The highest BCUT2D eigenvalue weighted by Crippen LogP contribution is 2.37. The lowest BCUT2D eigenvalue weighted by molar-refractivity contribution is -0.113. The molecule has 1 aliphatic carbocycles. The molecule has 0 bridgehead atoms. The van der Waals surface area contributed by atoms with Gasteiger partial charge >= 0.3 is 0 Å². The van der Waals surface area contributed by atoms with Crippen molar-refractivity contribution in [3.8, 4) is 5.75 Å². The molecule has 3 rings (SSSR count). The van der Waals surface area contributed by atoms with Crippen LogP contribution in [0, 0.1) is 0 Å². The fraction of sp³-hybridized carbons (Fsp3) is 0.111. The summed E-state index contributed by atoms with van der Waals surface area (Å²) in [5, 5.41) is 29.2. The van der Waals surface area contributed by atoms with E-state index in [-0.39, 0.29) is 12.2 Å². The van der Waals surface area contributed by atoms with Crippen LogP contribution in [0.15, 0.2) is 66.7 Å². The van der Waals surface area contributed by atoms with Crippen LogP contribution in [0.2, 0.25) is 0 Å². The average molecular weight is 280 g/mol. The van der Waals surface area contributed by atoms with E-state index in [4.69, 9.17) is 0 Å². The topological polar surface area (TPSA) is 60.7 Å². The fourth-order valence-corrected chi connectivity index (χ4v) is 2.54. The Kier molecular flexibility index (Phi) is 3.37. The van der Waals surface area contributed by atoms with E-state index in [1.807, 2.05) is 30.3 Å². The lowest BCUT2D eigenvalue weighted by atomic mass is 9.85. The molecule has 21 heavy (non-hydrogen) atoms. The maximum atomic E-state index is 9.91. The molecule has 0 heterocycles. The molecular formula is C18H16O3. The average Bonchev–Trinajstić information content (AvgIpc) is 2.48. The van der Waals surface area contributed by atoms with Crippen molar-refractivity contribution in [3.63, 3.8) is 0 Å². The molecule has 0 unspecified atom stereocenters. The molecule has 3 nitrogen and oxygen atoms in total. The molecule has 0 amide bonds. The maximum Gasteiger partial charge on any atom is 0.187 e. The summed E-state index contributed by atoms with van der Waals surface area (Å²) in [7, 11) is 0. The zero-order valence-electron chi connectivity index (χ0n) is 11.4. The lowest BCUT2D eigenvalue weighted by Gasteiger charge is -2.26. The maximum absolute atomic E-state index is 9.91. The van der Waals surface area contributed by atoms with Crippen LogP contribution in [0.4, 0.5) is 0 Å². The Bertz CT molecular complexity index is 695. The minimum atomic E-state index is -1.84. The smallest absolute Gasteiger partial charge is 0.187 e. The third kappa shape index (κ3) is 2.89. The van der Waals surface area contributed by atoms with Gasteiger partial charge in [0.15, 0.2) is 5.79 Å². The van der Waals surface area contributed by atoms with Crippen molar-refractivity contribution in [2.75, 3.05) is 0 Å². The first-order valence-corrected chi connectivity index (χ1v) is 6.77. The Morgan fingerprint density at radius 1 is 0.810 bits per heavy atom. The van der Waals surface area contributed by atoms with Gasteiger partial charge in [0.1, 0.15) is 5.75 Å². The number of phenolic OH excluding ortho intramolecular Hbond substituents is 1. The van der Waals surface area contributed by atoms with Crippen LogP contribution >= 0.6 is 0 Å². The molecule has 0 aliphatic heterocycles. The third-order valence-corrected chi connectivity index (χ3v) is 3.58. The van der Waals surface area contributed by atoms with Crippen LogP contribution in [-0.2, 0) is 0 Å². The molecule has 3 N–H and O–H groups in total. The highest BCUT2D eigenvalue weighted by Gasteiger charge is 2.27. The van der Waals surface area contributed by atoms with Gasteiger partial charge in [-0.15, -0.1) is 0 Å². The molecule has 3 heteroatoms. The molecule has 2 aromatic carbocycles. The van der Waals surface area contributed by atoms with Crippen LogP contribution in [0.3, 0.4) is 0 Å². The second-order valence-electron chi connectivity index (χ2n) is 5.19. The van der Waals surface area contributed by atoms with Crippen molar-refractivity contribution in [1.29, 1.82) is 0 Å². The molecule has 1 aliphatic rings. The van der Waals surface area contributed by atoms with Gasteiger partial charge < -0.3 is 15.3 Å². The highest BCUT2D eigenvalue weighted by molar-refractivity contribution is 5.97. The van der Waals surface area contributed by atoms with Gasteiger partial charge in [0.2, 0.25) is 0 Å². The molecule has 0 fully saturated rings. The van der Waals surface area contributed by atoms with Gasteiger partial charge in [-0.05, 0) is 40.5 Å². The lowest BCUT2D eigenvalue weighted by Crippen LogP contribution is -2.27. The second kappa shape index (κ2) is 5.20. The highest BCUT2D eigenvalue weighted by atomic mass is 16.5. The number of rotatable bonds is 2. The largest absolute Gasteiger partial charge is 0.508 e. The van der Waals surface area contributed by atoms with Gasteiger partial charge in [0.25, 0.3) is 0 Å². The van der Waals surface area contributed by atoms with E-state index in [0.29, 0.717) is 0 Å². The number of phenols is 1. The Morgan fingerprint density at radius 2 is 1.48 bits per heavy atom. The molecule has 0 spiro atoms. The molecule has 0 saturated heterocycles. The number of aromatic hydroxyl groups is 1. The van der Waals surface area contributed by atoms with Crippen LogP contribution in [0.1, 0.15) is 17.5 Å². The standard InChI is InChI=1S/C18H16O3/c19-15-8-6-14(7-9-15)17-12-18(20,21)11-10-16(17)13-4-2-1-3-5-13/h1-11,19-21H,12H2. The molecule has 0 radical (unpaired) electrons. The number of allylic oxidation sites excluding steroid dienone is 2. The summed E-state index contributed by atoms with van der Waals surface area (Å²) in [6.07, 6.45) is 3.25. The molecule has 106 valence electrons. The van der Waals surface area contributed by atoms with Gasteiger partial charge in [-0.2, -0.15) is 0 Å². The quantitative estimate of drug-likeness (QED) is 0.741. The summed E-state index contributed by atoms with van der Waals surface area (Å²) in [5.74, 6) is -1.66. The van der Waals surface area contributed by atoms with Crippen LogP contribution in [-0.4, -0.2) is 21.1 Å². The first-order valence-electron chi connectivity index (χ1n) is 6.77. The summed E-state index contributed by atoms with van der Waals surface area (Å²) >= 11 is 0. The van der Waals surface area contributed by atoms with Gasteiger partial charge in [0, 0.05) is 6.42 Å². The van der Waals surface area contributed by atoms with E-state index in [1.165, 1.54) is 6.08 Å². The van der Waals surface area contributed by atoms with E-state index in [2.05, 4.69) is 0 Å². The van der Waals surface area contributed by atoms with Crippen LogP contribution < -0.4 is 0 Å². The SMILES string of the molecule is Oc1ccc(C2=C(c3ccccc3)C=CC(O)(O)C2)cc1. The normalized spacial score (nSPS) is 17.0. The molecule has 2 aromatic rings. The second-order valence-corrected chi connectivity index (χ2v) is 5.19. The number of hydrogen-bond donors (Lipinski definition) is 3. The van der Waals surface area contributed by atoms with Gasteiger partial charge in [-0.3, -0.25) is 0 Å². The third-order valence-electron chi connectivity index (χ3n) is 3.58. The Balaban J connectivity index is 2.15. The van der Waals surface area contributed by atoms with E-state index >= 15 is 0 Å². The summed E-state index contributed by atoms with van der Waals surface area (Å²) in [5.41, 5.74) is 3.68. The molecule has 0 atom stereocenters. The Labute approximate surface area is 123 Å². The van der Waals surface area contributed by atoms with Crippen molar-refractivity contribution in [1.82, 2.24) is 0 Å². The molecule has 0 aromatic heterocycles. The van der Waals surface area contributed by atoms with Crippen molar-refractivity contribution in [2.24, 2.45) is 0 Å². The predicted molar refractivity (Wildman–Crippen MR) is 82.3 cm³/mol. The van der Waals surface area contributed by atoms with Crippen molar-refractivity contribution < 1.29 is 15.3 Å². The van der Waals surface area contributed by atoms with E-state index in [1.54, 1.807) is 30.3 Å². The van der Waals surface area contributed by atoms with Gasteiger partial charge in [-0.1, -0.05) is 48.5 Å². The minimum Gasteiger partial charge on any atom is -0.508 e. The minimum absolute atomic E-state index is 0.110. The monoisotopic (exact) mass is 280 g/mol. The zero-order valence-corrected chi connectivity index (χ0v) is 11.4. The number of aliphatic hydroxyl groups is 2. The van der Waals surface area contributed by atoms with Crippen LogP contribution in [0.5, 0.6) is 5.75 Å². The summed E-state index contributed by atoms with van der Waals surface area (Å²) in [6, 6.07) is 16.6. The van der Waals surface area contributed by atoms with Gasteiger partial charge in [-0.25, -0.2) is 0 Å². The summed E-state index contributed by atoms with van der Waals surface area (Å²) in [4.78, 5) is 0. The summed E-state index contributed by atoms with van der Waals surface area (Å²) in [6.45, 7) is 0. The number of benzene rings is 2. The first kappa shape index (κ1) is 13.6. The Morgan fingerprint density at radius 3 is 2.14 bits per heavy atom. The van der Waals surface area contributed by atoms with Crippen molar-refractivity contribution >= 4 is 11.1 Å². The van der Waals surface area contributed by atoms with Crippen LogP contribution in [0.25, 0.3) is 11.1 Å². The van der Waals surface area contributed by atoms with E-state index < -0.39 is 5.79 Å². The van der Waals surface area contributed by atoms with E-state index in [0.717, 1.165) is 22.3 Å². The first-order chi connectivity index (χ1) is 10.1. The zero-order chi connectivity index (χ0) is 14.9. The number of hydrogen-bond acceptors (Lipinski definition) is 3. The van der Waals surface area contributed by atoms with Crippen molar-refractivity contribution in [3.05, 3.63) is 77.9 Å². The molecule has 0 saturated carbocycles.